The first kappa shape index (κ1) is 35.9. The quantitative estimate of drug-likeness (QED) is 0.152. The Hall–Kier alpha value is -7.80. The van der Waals surface area contributed by atoms with Crippen molar-refractivity contribution < 1.29 is 0 Å². The smallest absolute Gasteiger partial charge is 0.0725 e. The predicted molar refractivity (Wildman–Crippen MR) is 263 cm³/mol. The van der Waals surface area contributed by atoms with Gasteiger partial charge in [0.15, 0.2) is 0 Å². The largest absolute Gasteiger partial charge is 0.0760 e. The zero-order valence-corrected chi connectivity index (χ0v) is 34.7. The summed E-state index contributed by atoms with van der Waals surface area (Å²) in [6.07, 6.45) is 13.8. The van der Waals surface area contributed by atoms with Crippen LogP contribution < -0.4 is 10.4 Å². The monoisotopic (exact) mass is 798 g/mol. The molecule has 0 fully saturated rings. The minimum atomic E-state index is -0.375. The summed E-state index contributed by atoms with van der Waals surface area (Å²) in [4.78, 5) is 0. The van der Waals surface area contributed by atoms with Crippen molar-refractivity contribution in [3.63, 3.8) is 0 Å². The second-order valence-electron chi connectivity index (χ2n) is 17.4. The lowest BCUT2D eigenvalue weighted by Gasteiger charge is -2.34. The molecule has 0 aliphatic heterocycles. The Morgan fingerprint density at radius 2 is 0.778 bits per heavy atom. The number of hydrogen-bond donors (Lipinski definition) is 0. The molecule has 0 nitrogen and oxygen atoms in total. The van der Waals surface area contributed by atoms with Gasteiger partial charge in [-0.05, 0) is 116 Å². The van der Waals surface area contributed by atoms with E-state index in [1.165, 1.54) is 110 Å². The number of benzene rings is 9. The highest BCUT2D eigenvalue weighted by atomic mass is 14.5. The lowest BCUT2D eigenvalue weighted by atomic mass is 9.68. The van der Waals surface area contributed by atoms with Crippen LogP contribution in [0.25, 0.3) is 67.5 Å². The van der Waals surface area contributed by atoms with E-state index < -0.39 is 0 Å². The first-order valence-electron chi connectivity index (χ1n) is 22.2. The number of rotatable bonds is 5. The second-order valence-corrected chi connectivity index (χ2v) is 17.4. The van der Waals surface area contributed by atoms with Crippen molar-refractivity contribution in [1.29, 1.82) is 0 Å². The van der Waals surface area contributed by atoms with Crippen LogP contribution in [0.1, 0.15) is 44.5 Å². The molecular formula is C63H42. The van der Waals surface area contributed by atoms with E-state index in [4.69, 9.17) is 0 Å². The van der Waals surface area contributed by atoms with E-state index in [0.29, 0.717) is 0 Å². The van der Waals surface area contributed by atoms with E-state index in [2.05, 4.69) is 243 Å². The molecule has 13 rings (SSSR count). The summed E-state index contributed by atoms with van der Waals surface area (Å²) in [6.45, 7) is 0. The summed E-state index contributed by atoms with van der Waals surface area (Å²) in [5, 5.41) is 5.19. The third kappa shape index (κ3) is 5.35. The lowest BCUT2D eigenvalue weighted by molar-refractivity contribution is 0.686. The summed E-state index contributed by atoms with van der Waals surface area (Å²) >= 11 is 0. The average Bonchev–Trinajstić information content (AvgIpc) is 3.82. The zero-order valence-electron chi connectivity index (χ0n) is 34.7. The molecule has 0 radical (unpaired) electrons. The highest BCUT2D eigenvalue weighted by Crippen LogP contribution is 2.63. The Kier molecular flexibility index (Phi) is 8.05. The molecule has 0 heterocycles. The fraction of sp³-hybridized carbons (Fsp3) is 0.0476. The van der Waals surface area contributed by atoms with Crippen LogP contribution in [-0.2, 0) is 5.41 Å². The van der Waals surface area contributed by atoms with Crippen LogP contribution in [0.2, 0.25) is 0 Å². The molecule has 9 aromatic rings. The Morgan fingerprint density at radius 3 is 1.38 bits per heavy atom. The maximum atomic E-state index is 2.56. The van der Waals surface area contributed by atoms with Crippen molar-refractivity contribution >= 4 is 34.1 Å². The summed E-state index contributed by atoms with van der Waals surface area (Å²) in [7, 11) is 0. The van der Waals surface area contributed by atoms with Crippen molar-refractivity contribution in [1.82, 2.24) is 0 Å². The average molecular weight is 799 g/mol. The van der Waals surface area contributed by atoms with Crippen LogP contribution >= 0.6 is 0 Å². The molecule has 63 heavy (non-hydrogen) atoms. The van der Waals surface area contributed by atoms with Crippen molar-refractivity contribution in [2.45, 2.75) is 5.41 Å². The molecule has 4 aliphatic rings. The van der Waals surface area contributed by atoms with Crippen molar-refractivity contribution in [3.05, 3.63) is 286 Å². The normalized spacial score (nSPS) is 17.1. The molecule has 0 N–H and O–H groups in total. The van der Waals surface area contributed by atoms with E-state index >= 15 is 0 Å². The molecule has 9 aromatic carbocycles. The SMILES string of the molecule is C1=CC2C(c3ccc(C=Cc4ccc(-c5cccc6ccccc56)cc4)cc3)=c3ccccc3=C(c3ccc4c(c3)C3(c5ccccc5-c5ccccc53)c3ccccc3-4)C2C=C1. The molecule has 0 saturated heterocycles. The van der Waals surface area contributed by atoms with E-state index in [1.54, 1.807) is 0 Å². The third-order valence-corrected chi connectivity index (χ3v) is 14.3. The van der Waals surface area contributed by atoms with Crippen LogP contribution in [0.4, 0.5) is 0 Å². The van der Waals surface area contributed by atoms with Crippen LogP contribution in [0.5, 0.6) is 0 Å². The second kappa shape index (κ2) is 14.1. The summed E-state index contributed by atoms with van der Waals surface area (Å²) in [5.41, 5.74) is 20.7. The van der Waals surface area contributed by atoms with Gasteiger partial charge in [-0.25, -0.2) is 0 Å². The molecular weight excluding hydrogens is 757 g/mol. The molecule has 2 unspecified atom stereocenters. The maximum absolute atomic E-state index is 2.56. The van der Waals surface area contributed by atoms with Crippen molar-refractivity contribution in [2.24, 2.45) is 11.8 Å². The standard InChI is InChI=1S/C63H42/c1-2-16-47-43(14-1)15-13-24-48(47)44-34-30-41(31-35-44)28-29-42-32-36-45(37-33-42)61-53-20-3-5-22-55(53)62(56-23-6-4-21-54(56)61)46-38-39-52-51-19-9-12-27-59(51)63(60(52)40-46)57-25-10-7-17-49(57)50-18-8-11-26-58(50)63/h1-40,53,55H. The van der Waals surface area contributed by atoms with Crippen LogP contribution in [-0.4, -0.2) is 0 Å². The van der Waals surface area contributed by atoms with Gasteiger partial charge in [0.2, 0.25) is 0 Å². The van der Waals surface area contributed by atoms with Gasteiger partial charge >= 0.3 is 0 Å². The summed E-state index contributed by atoms with van der Waals surface area (Å²) in [5.74, 6) is 0.395. The third-order valence-electron chi connectivity index (χ3n) is 14.3. The topological polar surface area (TPSA) is 0 Å². The van der Waals surface area contributed by atoms with Crippen LogP contribution in [0.3, 0.4) is 0 Å². The first-order valence-corrected chi connectivity index (χ1v) is 22.2. The summed E-state index contributed by atoms with van der Waals surface area (Å²) in [6, 6.07) is 77.1. The number of fused-ring (bicyclic) bond motifs is 13. The lowest BCUT2D eigenvalue weighted by Crippen LogP contribution is -2.40. The van der Waals surface area contributed by atoms with Gasteiger partial charge in [0.25, 0.3) is 0 Å². The summed E-state index contributed by atoms with van der Waals surface area (Å²) < 4.78 is 0. The van der Waals surface area contributed by atoms with Gasteiger partial charge in [0, 0.05) is 11.8 Å². The van der Waals surface area contributed by atoms with E-state index in [-0.39, 0.29) is 17.3 Å². The Balaban J connectivity index is 0.909. The Labute approximate surface area is 368 Å². The van der Waals surface area contributed by atoms with Crippen LogP contribution in [0, 0.1) is 11.8 Å². The van der Waals surface area contributed by atoms with E-state index in [1.807, 2.05) is 0 Å². The highest BCUT2D eigenvalue weighted by Gasteiger charge is 2.51. The van der Waals surface area contributed by atoms with Gasteiger partial charge < -0.3 is 0 Å². The molecule has 0 saturated carbocycles. The van der Waals surface area contributed by atoms with Gasteiger partial charge in [0.1, 0.15) is 0 Å². The highest BCUT2D eigenvalue weighted by molar-refractivity contribution is 5.98. The van der Waals surface area contributed by atoms with Gasteiger partial charge in [-0.15, -0.1) is 0 Å². The fourth-order valence-corrected chi connectivity index (χ4v) is 11.6. The zero-order chi connectivity index (χ0) is 41.5. The predicted octanol–water partition coefficient (Wildman–Crippen LogP) is 13.8. The van der Waals surface area contributed by atoms with Gasteiger partial charge in [0.05, 0.1) is 5.41 Å². The Morgan fingerprint density at radius 1 is 0.333 bits per heavy atom. The Bertz CT molecular complexity index is 3490. The first-order chi connectivity index (χ1) is 31.3. The number of hydrogen-bond acceptors (Lipinski definition) is 0. The molecule has 1 spiro atoms. The maximum Gasteiger partial charge on any atom is 0.0725 e. The van der Waals surface area contributed by atoms with Gasteiger partial charge in [-0.3, -0.25) is 0 Å². The van der Waals surface area contributed by atoms with E-state index in [9.17, 15) is 0 Å². The van der Waals surface area contributed by atoms with E-state index in [0.717, 1.165) is 0 Å². The van der Waals surface area contributed by atoms with Gasteiger partial charge in [-0.1, -0.05) is 237 Å². The molecule has 0 amide bonds. The molecule has 0 aromatic heterocycles. The minimum Gasteiger partial charge on any atom is -0.0760 e. The molecule has 0 heteroatoms. The molecule has 0 bridgehead atoms. The van der Waals surface area contributed by atoms with Crippen molar-refractivity contribution in [3.8, 4) is 33.4 Å². The van der Waals surface area contributed by atoms with Gasteiger partial charge in [-0.2, -0.15) is 0 Å². The number of allylic oxidation sites excluding steroid dienone is 4. The molecule has 294 valence electrons. The van der Waals surface area contributed by atoms with Crippen molar-refractivity contribution in [2.75, 3.05) is 0 Å². The fourth-order valence-electron chi connectivity index (χ4n) is 11.6. The molecule has 2 atom stereocenters. The minimum absolute atomic E-state index is 0.192. The van der Waals surface area contributed by atoms with Crippen LogP contribution in [0.15, 0.2) is 231 Å². The molecule has 4 aliphatic carbocycles.